The molecule has 0 saturated heterocycles. The van der Waals surface area contributed by atoms with Gasteiger partial charge in [0.2, 0.25) is 10.0 Å². The van der Waals surface area contributed by atoms with Gasteiger partial charge >= 0.3 is 0 Å². The zero-order valence-electron chi connectivity index (χ0n) is 11.1. The van der Waals surface area contributed by atoms with Gasteiger partial charge in [0.1, 0.15) is 17.3 Å². The molecule has 1 aliphatic carbocycles. The van der Waals surface area contributed by atoms with Crippen LogP contribution in [0, 0.1) is 23.6 Å². The molecule has 0 spiro atoms. The van der Waals surface area contributed by atoms with E-state index >= 15 is 0 Å². The SMILES string of the molecule is CN(CC1CC1)S(=O)(=O)c1ccc(C#CCO)cc1F. The summed E-state index contributed by atoms with van der Waals surface area (Å²) < 4.78 is 39.6. The molecule has 0 unspecified atom stereocenters. The van der Waals surface area contributed by atoms with Crippen molar-refractivity contribution in [1.82, 2.24) is 4.31 Å². The Morgan fingerprint density at radius 3 is 2.70 bits per heavy atom. The summed E-state index contributed by atoms with van der Waals surface area (Å²) >= 11 is 0. The van der Waals surface area contributed by atoms with Crippen molar-refractivity contribution in [2.24, 2.45) is 5.92 Å². The lowest BCUT2D eigenvalue weighted by molar-refractivity contribution is 0.350. The van der Waals surface area contributed by atoms with Crippen LogP contribution >= 0.6 is 0 Å². The normalized spacial score (nSPS) is 15.0. The first-order valence-electron chi connectivity index (χ1n) is 6.31. The van der Waals surface area contributed by atoms with Gasteiger partial charge in [0.05, 0.1) is 0 Å². The van der Waals surface area contributed by atoms with E-state index in [2.05, 4.69) is 11.8 Å². The Hall–Kier alpha value is -1.42. The van der Waals surface area contributed by atoms with Gasteiger partial charge in [-0.15, -0.1) is 0 Å². The molecule has 1 N–H and O–H groups in total. The third kappa shape index (κ3) is 3.37. The maximum Gasteiger partial charge on any atom is 0.245 e. The number of aliphatic hydroxyl groups excluding tert-OH is 1. The standard InChI is InChI=1S/C14H16FNO3S/c1-16(10-12-4-5-12)20(18,19)14-7-6-11(3-2-8-17)9-13(14)15/h6-7,9,12,17H,4-5,8,10H2,1H3. The van der Waals surface area contributed by atoms with E-state index in [0.717, 1.165) is 18.9 Å². The number of aliphatic hydroxyl groups is 1. The molecule has 1 aromatic carbocycles. The van der Waals surface area contributed by atoms with Gasteiger partial charge in [-0.3, -0.25) is 0 Å². The third-order valence-electron chi connectivity index (χ3n) is 3.14. The molecule has 6 heteroatoms. The van der Waals surface area contributed by atoms with Crippen molar-refractivity contribution in [1.29, 1.82) is 0 Å². The minimum atomic E-state index is -3.80. The molecule has 20 heavy (non-hydrogen) atoms. The van der Waals surface area contributed by atoms with Crippen LogP contribution in [0.15, 0.2) is 23.1 Å². The minimum absolute atomic E-state index is 0.328. The van der Waals surface area contributed by atoms with Gasteiger partial charge < -0.3 is 5.11 Å². The first-order chi connectivity index (χ1) is 9.45. The van der Waals surface area contributed by atoms with Crippen LogP contribution in [0.1, 0.15) is 18.4 Å². The van der Waals surface area contributed by atoms with Gasteiger partial charge in [-0.05, 0) is 37.0 Å². The fourth-order valence-electron chi connectivity index (χ4n) is 1.86. The van der Waals surface area contributed by atoms with Crippen LogP contribution < -0.4 is 0 Å². The number of benzene rings is 1. The number of rotatable bonds is 4. The Morgan fingerprint density at radius 1 is 1.45 bits per heavy atom. The highest BCUT2D eigenvalue weighted by atomic mass is 32.2. The molecule has 108 valence electrons. The lowest BCUT2D eigenvalue weighted by Gasteiger charge is -2.17. The van der Waals surface area contributed by atoms with Crippen molar-refractivity contribution >= 4 is 10.0 Å². The van der Waals surface area contributed by atoms with Crippen LogP contribution in [0.3, 0.4) is 0 Å². The highest BCUT2D eigenvalue weighted by Gasteiger charge is 2.30. The molecule has 1 saturated carbocycles. The Balaban J connectivity index is 2.26. The largest absolute Gasteiger partial charge is 0.384 e. The molecule has 4 nitrogen and oxygen atoms in total. The van der Waals surface area contributed by atoms with Crippen LogP contribution in [-0.4, -0.2) is 38.0 Å². The van der Waals surface area contributed by atoms with Crippen molar-refractivity contribution in [3.8, 4) is 11.8 Å². The van der Waals surface area contributed by atoms with Crippen molar-refractivity contribution in [2.75, 3.05) is 20.2 Å². The minimum Gasteiger partial charge on any atom is -0.384 e. The van der Waals surface area contributed by atoms with Crippen molar-refractivity contribution in [3.05, 3.63) is 29.6 Å². The molecular weight excluding hydrogens is 281 g/mol. The van der Waals surface area contributed by atoms with E-state index in [4.69, 9.17) is 5.11 Å². The average Bonchev–Trinajstić information content (AvgIpc) is 3.20. The molecule has 2 rings (SSSR count). The number of hydrogen-bond acceptors (Lipinski definition) is 3. The summed E-state index contributed by atoms with van der Waals surface area (Å²) in [5.74, 6) is 4.50. The van der Waals surface area contributed by atoms with Gasteiger partial charge in [-0.2, -0.15) is 0 Å². The maximum absolute atomic E-state index is 14.0. The predicted molar refractivity (Wildman–Crippen MR) is 72.9 cm³/mol. The Morgan fingerprint density at radius 2 is 2.15 bits per heavy atom. The highest BCUT2D eigenvalue weighted by Crippen LogP contribution is 2.31. The smallest absolute Gasteiger partial charge is 0.245 e. The monoisotopic (exact) mass is 297 g/mol. The Kier molecular flexibility index (Phi) is 4.43. The fourth-order valence-corrected chi connectivity index (χ4v) is 3.15. The van der Waals surface area contributed by atoms with Crippen LogP contribution in [0.2, 0.25) is 0 Å². The summed E-state index contributed by atoms with van der Waals surface area (Å²) in [6.07, 6.45) is 2.05. The fraction of sp³-hybridized carbons (Fsp3) is 0.429. The second-order valence-corrected chi connectivity index (χ2v) is 6.85. The molecule has 0 aromatic heterocycles. The number of nitrogens with zero attached hydrogens (tertiary/aromatic N) is 1. The van der Waals surface area contributed by atoms with Crippen molar-refractivity contribution in [3.63, 3.8) is 0 Å². The Labute approximate surface area is 118 Å². The predicted octanol–water partition coefficient (Wildman–Crippen LogP) is 1.20. The van der Waals surface area contributed by atoms with Gasteiger partial charge in [0.15, 0.2) is 0 Å². The first-order valence-corrected chi connectivity index (χ1v) is 7.75. The van der Waals surface area contributed by atoms with Crippen LogP contribution in [-0.2, 0) is 10.0 Å². The molecule has 0 aliphatic heterocycles. The number of hydrogen-bond donors (Lipinski definition) is 1. The average molecular weight is 297 g/mol. The van der Waals surface area contributed by atoms with E-state index in [-0.39, 0.29) is 11.5 Å². The van der Waals surface area contributed by atoms with E-state index in [1.807, 2.05) is 0 Å². The second-order valence-electron chi connectivity index (χ2n) is 4.83. The Bertz CT molecular complexity index is 657. The molecule has 1 fully saturated rings. The maximum atomic E-state index is 14.0. The molecule has 1 aromatic rings. The zero-order chi connectivity index (χ0) is 14.8. The van der Waals surface area contributed by atoms with E-state index in [9.17, 15) is 12.8 Å². The van der Waals surface area contributed by atoms with Gasteiger partial charge in [0, 0.05) is 19.2 Å². The van der Waals surface area contributed by atoms with Crippen molar-refractivity contribution < 1.29 is 17.9 Å². The quantitative estimate of drug-likeness (QED) is 0.850. The summed E-state index contributed by atoms with van der Waals surface area (Å²) in [4.78, 5) is -0.338. The topological polar surface area (TPSA) is 57.6 Å². The zero-order valence-corrected chi connectivity index (χ0v) is 12.0. The first kappa shape index (κ1) is 15.0. The molecule has 0 heterocycles. The van der Waals surface area contributed by atoms with E-state index in [1.165, 1.54) is 23.5 Å². The molecule has 0 atom stereocenters. The van der Waals surface area contributed by atoms with E-state index < -0.39 is 15.8 Å². The molecule has 0 amide bonds. The summed E-state index contributed by atoms with van der Waals surface area (Å²) in [6.45, 7) is 0.0969. The van der Waals surface area contributed by atoms with Crippen molar-refractivity contribution in [2.45, 2.75) is 17.7 Å². The molecule has 0 bridgehead atoms. The van der Waals surface area contributed by atoms with Crippen LogP contribution in [0.5, 0.6) is 0 Å². The second kappa shape index (κ2) is 5.92. The molecule has 1 aliphatic rings. The molecular formula is C14H16FNO3S. The van der Waals surface area contributed by atoms with E-state index in [0.29, 0.717) is 18.0 Å². The highest BCUT2D eigenvalue weighted by molar-refractivity contribution is 7.89. The van der Waals surface area contributed by atoms with Crippen LogP contribution in [0.4, 0.5) is 4.39 Å². The van der Waals surface area contributed by atoms with Gasteiger partial charge in [-0.1, -0.05) is 11.8 Å². The van der Waals surface area contributed by atoms with Gasteiger partial charge in [0.25, 0.3) is 0 Å². The van der Waals surface area contributed by atoms with Crippen LogP contribution in [0.25, 0.3) is 0 Å². The summed E-state index contributed by atoms with van der Waals surface area (Å²) in [6, 6.07) is 3.72. The summed E-state index contributed by atoms with van der Waals surface area (Å²) in [5.41, 5.74) is 0.334. The van der Waals surface area contributed by atoms with Gasteiger partial charge in [-0.25, -0.2) is 17.1 Å². The van der Waals surface area contributed by atoms with E-state index in [1.54, 1.807) is 0 Å². The summed E-state index contributed by atoms with van der Waals surface area (Å²) in [5, 5.41) is 8.57. The number of sulfonamides is 1. The summed E-state index contributed by atoms with van der Waals surface area (Å²) in [7, 11) is -2.34. The molecule has 0 radical (unpaired) electrons. The third-order valence-corrected chi connectivity index (χ3v) is 5.00. The lowest BCUT2D eigenvalue weighted by Crippen LogP contribution is -2.29. The lowest BCUT2D eigenvalue weighted by atomic mass is 10.2. The number of halogens is 1.